The van der Waals surface area contributed by atoms with Crippen molar-refractivity contribution in [3.8, 4) is 0 Å². The van der Waals surface area contributed by atoms with Crippen LogP contribution in [0.25, 0.3) is 0 Å². The molecule has 0 amide bonds. The monoisotopic (exact) mass is 208 g/mol. The van der Waals surface area contributed by atoms with Crippen molar-refractivity contribution in [2.75, 3.05) is 18.8 Å². The number of likely N-dealkylation sites (tertiary alicyclic amines) is 1. The van der Waals surface area contributed by atoms with E-state index in [4.69, 9.17) is 5.73 Å². The van der Waals surface area contributed by atoms with Gasteiger partial charge < -0.3 is 5.73 Å². The molecule has 0 radical (unpaired) electrons. The Labute approximate surface area is 91.1 Å². The Kier molecular flexibility index (Phi) is 2.95. The van der Waals surface area contributed by atoms with Crippen molar-refractivity contribution in [3.05, 3.63) is 11.8 Å². The summed E-state index contributed by atoms with van der Waals surface area (Å²) in [5, 5.41) is 4.32. The third-order valence-corrected chi connectivity index (χ3v) is 3.00. The zero-order valence-electron chi connectivity index (χ0n) is 9.61. The molecule has 1 saturated heterocycles. The van der Waals surface area contributed by atoms with Crippen molar-refractivity contribution in [2.45, 2.75) is 39.3 Å². The van der Waals surface area contributed by atoms with E-state index in [1.54, 1.807) is 0 Å². The zero-order valence-corrected chi connectivity index (χ0v) is 9.61. The van der Waals surface area contributed by atoms with Gasteiger partial charge in [-0.25, -0.2) is 4.68 Å². The molecule has 2 rings (SSSR count). The number of rotatable bonds is 3. The van der Waals surface area contributed by atoms with Gasteiger partial charge in [0, 0.05) is 18.2 Å². The van der Waals surface area contributed by atoms with Crippen LogP contribution in [0.4, 0.5) is 5.82 Å². The fraction of sp³-hybridized carbons (Fsp3) is 0.727. The quantitative estimate of drug-likeness (QED) is 0.821. The minimum Gasteiger partial charge on any atom is -0.384 e. The van der Waals surface area contributed by atoms with Crippen LogP contribution in [-0.2, 0) is 6.54 Å². The van der Waals surface area contributed by atoms with Gasteiger partial charge in [0.2, 0.25) is 0 Å². The summed E-state index contributed by atoms with van der Waals surface area (Å²) in [4.78, 5) is 2.44. The van der Waals surface area contributed by atoms with Gasteiger partial charge in [0.1, 0.15) is 5.82 Å². The highest BCUT2D eigenvalue weighted by molar-refractivity contribution is 5.38. The number of hydrogen-bond donors (Lipinski definition) is 1. The lowest BCUT2D eigenvalue weighted by atomic mass is 10.3. The lowest BCUT2D eigenvalue weighted by Gasteiger charge is -2.14. The summed E-state index contributed by atoms with van der Waals surface area (Å²) in [5.74, 6) is 0.830. The van der Waals surface area contributed by atoms with Crippen LogP contribution in [0.3, 0.4) is 0 Å². The second-order valence-corrected chi connectivity index (χ2v) is 4.58. The van der Waals surface area contributed by atoms with Crippen molar-refractivity contribution in [3.63, 3.8) is 0 Å². The molecule has 0 atom stereocenters. The maximum Gasteiger partial charge on any atom is 0.126 e. The Hall–Kier alpha value is -1.03. The van der Waals surface area contributed by atoms with Gasteiger partial charge in [-0.3, -0.25) is 4.90 Å². The molecule has 0 bridgehead atoms. The molecule has 1 aliphatic rings. The number of anilines is 1. The van der Waals surface area contributed by atoms with E-state index < -0.39 is 0 Å². The molecule has 84 valence electrons. The highest BCUT2D eigenvalue weighted by Gasteiger charge is 2.16. The lowest BCUT2D eigenvalue weighted by Crippen LogP contribution is -2.19. The normalized spacial score (nSPS) is 17.8. The van der Waals surface area contributed by atoms with Crippen LogP contribution >= 0.6 is 0 Å². The van der Waals surface area contributed by atoms with Gasteiger partial charge >= 0.3 is 0 Å². The average molecular weight is 208 g/mol. The molecule has 1 aromatic rings. The molecular weight excluding hydrogens is 188 g/mol. The van der Waals surface area contributed by atoms with Crippen LogP contribution in [0.1, 0.15) is 38.3 Å². The lowest BCUT2D eigenvalue weighted by molar-refractivity contribution is 0.332. The Morgan fingerprint density at radius 1 is 1.40 bits per heavy atom. The molecule has 0 aliphatic carbocycles. The second-order valence-electron chi connectivity index (χ2n) is 4.58. The van der Waals surface area contributed by atoms with Crippen LogP contribution in [-0.4, -0.2) is 27.8 Å². The molecule has 4 heteroatoms. The minimum absolute atomic E-state index is 0.345. The summed E-state index contributed by atoms with van der Waals surface area (Å²) in [7, 11) is 0. The largest absolute Gasteiger partial charge is 0.384 e. The fourth-order valence-electron chi connectivity index (χ4n) is 2.12. The SMILES string of the molecule is CC(C)n1ncc(CN2CCCC2)c1N. The number of hydrogen-bond acceptors (Lipinski definition) is 3. The molecular formula is C11H20N4. The smallest absolute Gasteiger partial charge is 0.126 e. The van der Waals surface area contributed by atoms with Gasteiger partial charge in [0.15, 0.2) is 0 Å². The van der Waals surface area contributed by atoms with E-state index >= 15 is 0 Å². The summed E-state index contributed by atoms with van der Waals surface area (Å²) in [6.45, 7) is 7.56. The summed E-state index contributed by atoms with van der Waals surface area (Å²) >= 11 is 0. The molecule has 0 spiro atoms. The Bertz CT molecular complexity index is 323. The maximum absolute atomic E-state index is 6.06. The second kappa shape index (κ2) is 4.23. The number of nitrogens with zero attached hydrogens (tertiary/aromatic N) is 3. The van der Waals surface area contributed by atoms with Crippen LogP contribution in [0, 0.1) is 0 Å². The van der Waals surface area contributed by atoms with E-state index in [0.717, 1.165) is 12.4 Å². The van der Waals surface area contributed by atoms with Gasteiger partial charge in [-0.15, -0.1) is 0 Å². The highest BCUT2D eigenvalue weighted by Crippen LogP contribution is 2.19. The van der Waals surface area contributed by atoms with E-state index in [-0.39, 0.29) is 0 Å². The minimum atomic E-state index is 0.345. The Morgan fingerprint density at radius 2 is 2.07 bits per heavy atom. The van der Waals surface area contributed by atoms with Crippen molar-refractivity contribution in [1.29, 1.82) is 0 Å². The topological polar surface area (TPSA) is 47.1 Å². The third kappa shape index (κ3) is 2.15. The molecule has 4 nitrogen and oxygen atoms in total. The van der Waals surface area contributed by atoms with Crippen molar-refractivity contribution in [2.24, 2.45) is 0 Å². The summed E-state index contributed by atoms with van der Waals surface area (Å²) in [6, 6.07) is 0.345. The molecule has 0 saturated carbocycles. The average Bonchev–Trinajstić information content (AvgIpc) is 2.78. The summed E-state index contributed by atoms with van der Waals surface area (Å²) < 4.78 is 1.89. The summed E-state index contributed by atoms with van der Waals surface area (Å²) in [5.41, 5.74) is 7.23. The first-order chi connectivity index (χ1) is 7.18. The predicted molar refractivity (Wildman–Crippen MR) is 61.5 cm³/mol. The first-order valence-corrected chi connectivity index (χ1v) is 5.72. The Morgan fingerprint density at radius 3 is 2.60 bits per heavy atom. The van der Waals surface area contributed by atoms with E-state index in [9.17, 15) is 0 Å². The van der Waals surface area contributed by atoms with E-state index in [2.05, 4.69) is 23.8 Å². The van der Waals surface area contributed by atoms with Crippen LogP contribution in [0.2, 0.25) is 0 Å². The van der Waals surface area contributed by atoms with E-state index in [0.29, 0.717) is 6.04 Å². The van der Waals surface area contributed by atoms with Gasteiger partial charge in [0.05, 0.1) is 6.20 Å². The molecule has 2 heterocycles. The first-order valence-electron chi connectivity index (χ1n) is 5.72. The van der Waals surface area contributed by atoms with Crippen LogP contribution in [0.5, 0.6) is 0 Å². The third-order valence-electron chi connectivity index (χ3n) is 3.00. The maximum atomic E-state index is 6.06. The highest BCUT2D eigenvalue weighted by atomic mass is 15.3. The van der Waals surface area contributed by atoms with Crippen molar-refractivity contribution in [1.82, 2.24) is 14.7 Å². The van der Waals surface area contributed by atoms with Gasteiger partial charge in [-0.1, -0.05) is 0 Å². The molecule has 15 heavy (non-hydrogen) atoms. The number of aromatic nitrogens is 2. The van der Waals surface area contributed by atoms with E-state index in [1.807, 2.05) is 10.9 Å². The molecule has 1 aliphatic heterocycles. The van der Waals surface area contributed by atoms with Gasteiger partial charge in [0.25, 0.3) is 0 Å². The molecule has 2 N–H and O–H groups in total. The number of nitrogen functional groups attached to an aromatic ring is 1. The van der Waals surface area contributed by atoms with Gasteiger partial charge in [-0.05, 0) is 39.8 Å². The molecule has 0 unspecified atom stereocenters. The fourth-order valence-corrected chi connectivity index (χ4v) is 2.12. The Balaban J connectivity index is 2.08. The number of nitrogens with two attached hydrogens (primary N) is 1. The zero-order chi connectivity index (χ0) is 10.8. The van der Waals surface area contributed by atoms with Crippen LogP contribution in [0.15, 0.2) is 6.20 Å². The first kappa shape index (κ1) is 10.5. The van der Waals surface area contributed by atoms with Gasteiger partial charge in [-0.2, -0.15) is 5.10 Å². The predicted octanol–water partition coefficient (Wildman–Crippen LogP) is 1.64. The van der Waals surface area contributed by atoms with Crippen LogP contribution < -0.4 is 5.73 Å². The van der Waals surface area contributed by atoms with Crippen molar-refractivity contribution < 1.29 is 0 Å². The standard InChI is InChI=1S/C11H20N4/c1-9(2)15-11(12)10(7-13-15)8-14-5-3-4-6-14/h7,9H,3-6,8,12H2,1-2H3. The molecule has 1 aromatic heterocycles. The molecule has 1 fully saturated rings. The summed E-state index contributed by atoms with van der Waals surface area (Å²) in [6.07, 6.45) is 4.55. The van der Waals surface area contributed by atoms with Crippen molar-refractivity contribution >= 4 is 5.82 Å². The molecule has 0 aromatic carbocycles. The van der Waals surface area contributed by atoms with E-state index in [1.165, 1.54) is 31.5 Å².